The second-order valence-corrected chi connectivity index (χ2v) is 7.73. The first-order valence-electron chi connectivity index (χ1n) is 9.76. The van der Waals surface area contributed by atoms with Gasteiger partial charge in [0.15, 0.2) is 0 Å². The number of carbonyl (C=O) groups excluding carboxylic acids is 2. The van der Waals surface area contributed by atoms with Crippen LogP contribution in [0.5, 0.6) is 5.75 Å². The number of carboxylic acid groups (broad SMARTS) is 1. The van der Waals surface area contributed by atoms with Gasteiger partial charge in [-0.25, -0.2) is 4.79 Å². The number of ether oxygens (including phenoxy) is 2. The Morgan fingerprint density at radius 3 is 2.40 bits per heavy atom. The molecular weight excluding hydrogens is 388 g/mol. The van der Waals surface area contributed by atoms with Gasteiger partial charge < -0.3 is 25.6 Å². The molecule has 0 unspecified atom stereocenters. The van der Waals surface area contributed by atoms with E-state index in [0.717, 1.165) is 5.56 Å². The van der Waals surface area contributed by atoms with Crippen LogP contribution in [0, 0.1) is 11.8 Å². The first-order valence-corrected chi connectivity index (χ1v) is 9.76. The van der Waals surface area contributed by atoms with E-state index in [1.807, 2.05) is 0 Å². The van der Waals surface area contributed by atoms with Crippen molar-refractivity contribution in [1.29, 1.82) is 0 Å². The maximum Gasteiger partial charge on any atom is 0.407 e. The molecule has 0 aliphatic carbocycles. The maximum atomic E-state index is 12.0. The highest BCUT2D eigenvalue weighted by molar-refractivity contribution is 5.74. The minimum absolute atomic E-state index is 0.107. The SMILES string of the molecule is CC(C)(C)OC(=O)N[C@@H](CCC(N)=O)COc1ccc(C#CCCCC(=O)O)cc1. The summed E-state index contributed by atoms with van der Waals surface area (Å²) >= 11 is 0. The minimum Gasteiger partial charge on any atom is -0.491 e. The van der Waals surface area contributed by atoms with Crippen molar-refractivity contribution in [3.63, 3.8) is 0 Å². The fraction of sp³-hybridized carbons (Fsp3) is 0.500. The van der Waals surface area contributed by atoms with Crippen LogP contribution in [0.1, 0.15) is 58.4 Å². The molecule has 0 aliphatic rings. The van der Waals surface area contributed by atoms with Gasteiger partial charge in [0, 0.05) is 24.8 Å². The highest BCUT2D eigenvalue weighted by Gasteiger charge is 2.20. The van der Waals surface area contributed by atoms with Crippen LogP contribution in [0.15, 0.2) is 24.3 Å². The summed E-state index contributed by atoms with van der Waals surface area (Å²) in [5.41, 5.74) is 5.36. The van der Waals surface area contributed by atoms with Crippen LogP contribution >= 0.6 is 0 Å². The van der Waals surface area contributed by atoms with E-state index >= 15 is 0 Å². The number of hydrogen-bond donors (Lipinski definition) is 3. The first-order chi connectivity index (χ1) is 14.0. The Morgan fingerprint density at radius 2 is 1.83 bits per heavy atom. The van der Waals surface area contributed by atoms with E-state index in [1.165, 1.54) is 0 Å². The lowest BCUT2D eigenvalue weighted by Gasteiger charge is -2.23. The predicted molar refractivity (Wildman–Crippen MR) is 112 cm³/mol. The Kier molecular flexibility index (Phi) is 10.2. The lowest BCUT2D eigenvalue weighted by atomic mass is 10.1. The molecule has 0 spiro atoms. The topological polar surface area (TPSA) is 128 Å². The van der Waals surface area contributed by atoms with E-state index in [9.17, 15) is 14.4 Å². The van der Waals surface area contributed by atoms with Crippen LogP contribution in [0.3, 0.4) is 0 Å². The summed E-state index contributed by atoms with van der Waals surface area (Å²) in [5, 5.41) is 11.3. The quantitative estimate of drug-likeness (QED) is 0.396. The Bertz CT molecular complexity index is 772. The number of hydrogen-bond acceptors (Lipinski definition) is 5. The van der Waals surface area contributed by atoms with Gasteiger partial charge in [-0.15, -0.1) is 0 Å². The summed E-state index contributed by atoms with van der Waals surface area (Å²) in [7, 11) is 0. The van der Waals surface area contributed by atoms with Gasteiger partial charge in [-0.05, 0) is 57.9 Å². The molecule has 0 saturated heterocycles. The molecule has 1 rings (SSSR count). The zero-order valence-corrected chi connectivity index (χ0v) is 17.7. The lowest BCUT2D eigenvalue weighted by Crippen LogP contribution is -2.42. The Balaban J connectivity index is 2.58. The molecule has 164 valence electrons. The molecule has 0 heterocycles. The largest absolute Gasteiger partial charge is 0.491 e. The van der Waals surface area contributed by atoms with Crippen molar-refractivity contribution in [1.82, 2.24) is 5.32 Å². The molecule has 30 heavy (non-hydrogen) atoms. The number of aliphatic carboxylic acids is 1. The number of amides is 2. The van der Waals surface area contributed by atoms with E-state index in [4.69, 9.17) is 20.3 Å². The number of alkyl carbamates (subject to hydrolysis) is 1. The molecule has 8 heteroatoms. The number of benzene rings is 1. The van der Waals surface area contributed by atoms with Gasteiger partial charge in [0.2, 0.25) is 5.91 Å². The molecule has 0 fully saturated rings. The van der Waals surface area contributed by atoms with Crippen molar-refractivity contribution >= 4 is 18.0 Å². The summed E-state index contributed by atoms with van der Waals surface area (Å²) in [6, 6.07) is 6.64. The smallest absolute Gasteiger partial charge is 0.407 e. The second-order valence-electron chi connectivity index (χ2n) is 7.73. The monoisotopic (exact) mass is 418 g/mol. The highest BCUT2D eigenvalue weighted by atomic mass is 16.6. The normalized spacial score (nSPS) is 11.6. The van der Waals surface area contributed by atoms with Crippen molar-refractivity contribution < 1.29 is 29.0 Å². The minimum atomic E-state index is -0.825. The van der Waals surface area contributed by atoms with E-state index in [0.29, 0.717) is 25.0 Å². The molecular formula is C22H30N2O6. The standard InChI is InChI=1S/C22H30N2O6/c1-22(2,3)30-21(28)24-17(11-14-19(23)25)15-29-18-12-9-16(10-13-18)7-5-4-6-8-20(26)27/h9-10,12-13,17H,4,6,8,11,14-15H2,1-3H3,(H2,23,25)(H,24,28)(H,26,27)/t17-/m0/s1. The second kappa shape index (κ2) is 12.4. The van der Waals surface area contributed by atoms with Crippen LogP contribution < -0.4 is 15.8 Å². The Morgan fingerprint density at radius 1 is 1.17 bits per heavy atom. The molecule has 0 saturated carbocycles. The molecule has 1 aromatic rings. The van der Waals surface area contributed by atoms with Crippen LogP contribution in [-0.2, 0) is 14.3 Å². The number of carboxylic acids is 1. The summed E-state index contributed by atoms with van der Waals surface area (Å²) in [5.74, 6) is 5.20. The number of primary amides is 1. The average Bonchev–Trinajstić information content (AvgIpc) is 2.62. The van der Waals surface area contributed by atoms with E-state index < -0.39 is 29.6 Å². The van der Waals surface area contributed by atoms with Crippen LogP contribution in [0.25, 0.3) is 0 Å². The fourth-order valence-corrected chi connectivity index (χ4v) is 2.31. The number of nitrogens with two attached hydrogens (primary N) is 1. The van der Waals surface area contributed by atoms with Crippen molar-refractivity contribution in [2.75, 3.05) is 6.61 Å². The van der Waals surface area contributed by atoms with Gasteiger partial charge in [-0.2, -0.15) is 0 Å². The predicted octanol–water partition coefficient (Wildman–Crippen LogP) is 2.83. The Labute approximate surface area is 177 Å². The van der Waals surface area contributed by atoms with E-state index in [-0.39, 0.29) is 19.4 Å². The number of nitrogens with one attached hydrogen (secondary N) is 1. The van der Waals surface area contributed by atoms with Gasteiger partial charge in [0.1, 0.15) is 18.0 Å². The van der Waals surface area contributed by atoms with Crippen molar-refractivity contribution in [3.05, 3.63) is 29.8 Å². The van der Waals surface area contributed by atoms with Crippen LogP contribution in [-0.4, -0.2) is 41.3 Å². The number of rotatable bonds is 10. The first kappa shape index (κ1) is 24.8. The average molecular weight is 418 g/mol. The molecule has 2 amide bonds. The third-order valence-corrected chi connectivity index (χ3v) is 3.69. The maximum absolute atomic E-state index is 12.0. The van der Waals surface area contributed by atoms with Gasteiger partial charge in [-0.1, -0.05) is 11.8 Å². The van der Waals surface area contributed by atoms with Crippen LogP contribution in [0.2, 0.25) is 0 Å². The van der Waals surface area contributed by atoms with E-state index in [2.05, 4.69) is 17.2 Å². The van der Waals surface area contributed by atoms with Gasteiger partial charge in [0.05, 0.1) is 6.04 Å². The van der Waals surface area contributed by atoms with E-state index in [1.54, 1.807) is 45.0 Å². The molecule has 0 bridgehead atoms. The number of unbranched alkanes of at least 4 members (excludes halogenated alkanes) is 1. The molecule has 0 aliphatic heterocycles. The lowest BCUT2D eigenvalue weighted by molar-refractivity contribution is -0.137. The molecule has 4 N–H and O–H groups in total. The summed E-state index contributed by atoms with van der Waals surface area (Å²) < 4.78 is 11.0. The van der Waals surface area contributed by atoms with Gasteiger partial charge >= 0.3 is 12.1 Å². The van der Waals surface area contributed by atoms with Crippen molar-refractivity contribution in [3.8, 4) is 17.6 Å². The fourth-order valence-electron chi connectivity index (χ4n) is 2.31. The summed E-state index contributed by atoms with van der Waals surface area (Å²) in [4.78, 5) is 33.5. The zero-order valence-electron chi connectivity index (χ0n) is 17.7. The molecule has 0 radical (unpaired) electrons. The third kappa shape index (κ3) is 12.3. The van der Waals surface area contributed by atoms with Crippen molar-refractivity contribution in [2.45, 2.75) is 64.5 Å². The van der Waals surface area contributed by atoms with Crippen LogP contribution in [0.4, 0.5) is 4.79 Å². The summed E-state index contributed by atoms with van der Waals surface area (Å²) in [6.07, 6.45) is 0.988. The Hall–Kier alpha value is -3.21. The molecule has 0 aromatic heterocycles. The highest BCUT2D eigenvalue weighted by Crippen LogP contribution is 2.13. The van der Waals surface area contributed by atoms with Gasteiger partial charge in [0.25, 0.3) is 0 Å². The molecule has 1 atom stereocenters. The zero-order chi connectivity index (χ0) is 22.6. The van der Waals surface area contributed by atoms with Crippen molar-refractivity contribution in [2.24, 2.45) is 5.73 Å². The number of carbonyl (C=O) groups is 3. The molecule has 1 aromatic carbocycles. The summed E-state index contributed by atoms with van der Waals surface area (Å²) in [6.45, 7) is 5.43. The van der Waals surface area contributed by atoms with Gasteiger partial charge in [-0.3, -0.25) is 9.59 Å². The third-order valence-electron chi connectivity index (χ3n) is 3.69. The molecule has 8 nitrogen and oxygen atoms in total.